The van der Waals surface area contributed by atoms with E-state index in [0.717, 1.165) is 36.1 Å². The summed E-state index contributed by atoms with van der Waals surface area (Å²) < 4.78 is 7.11. The van der Waals surface area contributed by atoms with Gasteiger partial charge in [-0.2, -0.15) is 0 Å². The van der Waals surface area contributed by atoms with E-state index in [1.807, 2.05) is 0 Å². The van der Waals surface area contributed by atoms with Gasteiger partial charge in [-0.25, -0.2) is 4.98 Å². The molecule has 1 atom stereocenters. The van der Waals surface area contributed by atoms with Crippen LogP contribution in [0.1, 0.15) is 44.1 Å². The minimum Gasteiger partial charge on any atom is -0.495 e. The van der Waals surface area contributed by atoms with Crippen molar-refractivity contribution in [3.63, 3.8) is 0 Å². The molecular formula is C25H30ClN3O3S2. The number of nitrogens with zero attached hydrogens (tertiary/aromatic N) is 2. The van der Waals surface area contributed by atoms with Crippen molar-refractivity contribution in [1.29, 1.82) is 0 Å². The van der Waals surface area contributed by atoms with E-state index in [2.05, 4.69) is 26.1 Å². The van der Waals surface area contributed by atoms with Crippen LogP contribution in [0.15, 0.2) is 28.2 Å². The van der Waals surface area contributed by atoms with Gasteiger partial charge in [-0.1, -0.05) is 44.1 Å². The van der Waals surface area contributed by atoms with E-state index in [9.17, 15) is 9.59 Å². The van der Waals surface area contributed by atoms with Crippen molar-refractivity contribution < 1.29 is 9.53 Å². The van der Waals surface area contributed by atoms with Gasteiger partial charge in [0.2, 0.25) is 5.91 Å². The number of hydrogen-bond donors (Lipinski definition) is 1. The van der Waals surface area contributed by atoms with Crippen molar-refractivity contribution in [2.75, 3.05) is 19.4 Å². The Morgan fingerprint density at radius 3 is 2.94 bits per heavy atom. The largest absolute Gasteiger partial charge is 0.495 e. The number of thiophene rings is 1. The number of fused-ring (bicyclic) bond motifs is 3. The highest BCUT2D eigenvalue weighted by molar-refractivity contribution is 7.99. The van der Waals surface area contributed by atoms with Gasteiger partial charge in [-0.05, 0) is 61.3 Å². The van der Waals surface area contributed by atoms with Crippen molar-refractivity contribution in [1.82, 2.24) is 14.9 Å². The lowest BCUT2D eigenvalue weighted by Crippen LogP contribution is -2.28. The zero-order valence-electron chi connectivity index (χ0n) is 19.9. The van der Waals surface area contributed by atoms with Gasteiger partial charge in [0, 0.05) is 16.4 Å². The van der Waals surface area contributed by atoms with Crippen molar-refractivity contribution in [2.24, 2.45) is 11.8 Å². The molecule has 4 rings (SSSR count). The molecular weight excluding hydrogens is 490 g/mol. The van der Waals surface area contributed by atoms with E-state index in [0.29, 0.717) is 45.4 Å². The van der Waals surface area contributed by atoms with E-state index in [4.69, 9.17) is 21.3 Å². The van der Waals surface area contributed by atoms with Crippen LogP contribution in [-0.4, -0.2) is 34.9 Å². The first-order chi connectivity index (χ1) is 16.3. The predicted octanol–water partition coefficient (Wildman–Crippen LogP) is 5.49. The maximum atomic E-state index is 14.0. The lowest BCUT2D eigenvalue weighted by atomic mass is 9.89. The predicted molar refractivity (Wildman–Crippen MR) is 141 cm³/mol. The van der Waals surface area contributed by atoms with Gasteiger partial charge in [0.05, 0.1) is 23.9 Å². The molecule has 1 aliphatic carbocycles. The van der Waals surface area contributed by atoms with Gasteiger partial charge in [-0.3, -0.25) is 14.2 Å². The fourth-order valence-corrected chi connectivity index (χ4v) is 6.63. The molecule has 0 saturated heterocycles. The molecule has 182 valence electrons. The fraction of sp³-hybridized carbons (Fsp3) is 0.480. The Hall–Kier alpha value is -2.03. The Morgan fingerprint density at radius 2 is 2.21 bits per heavy atom. The molecule has 3 aromatic rings. The van der Waals surface area contributed by atoms with Crippen molar-refractivity contribution in [2.45, 2.75) is 51.6 Å². The number of carbonyl (C=O) groups excluding carboxylic acids is 1. The summed E-state index contributed by atoms with van der Waals surface area (Å²) in [6, 6.07) is 5.18. The highest BCUT2D eigenvalue weighted by Crippen LogP contribution is 2.38. The number of carbonyl (C=O) groups is 1. The number of benzene rings is 1. The zero-order valence-corrected chi connectivity index (χ0v) is 22.3. The van der Waals surface area contributed by atoms with E-state index in [1.165, 1.54) is 16.6 Å². The molecule has 0 spiro atoms. The fourth-order valence-electron chi connectivity index (χ4n) is 4.20. The maximum Gasteiger partial charge on any atom is 0.267 e. The first kappa shape index (κ1) is 25.1. The topological polar surface area (TPSA) is 73.2 Å². The molecule has 34 heavy (non-hydrogen) atoms. The normalized spacial score (nSPS) is 15.5. The Labute approximate surface area is 213 Å². The zero-order chi connectivity index (χ0) is 24.4. The lowest BCUT2D eigenvalue weighted by Gasteiger charge is -2.18. The van der Waals surface area contributed by atoms with E-state index >= 15 is 0 Å². The molecule has 1 aliphatic rings. The number of halogens is 1. The summed E-state index contributed by atoms with van der Waals surface area (Å²) >= 11 is 9.17. The second-order valence-electron chi connectivity index (χ2n) is 9.20. The summed E-state index contributed by atoms with van der Waals surface area (Å²) in [5, 5.41) is 4.59. The van der Waals surface area contributed by atoms with E-state index < -0.39 is 0 Å². The summed E-state index contributed by atoms with van der Waals surface area (Å²) in [4.78, 5) is 33.3. The van der Waals surface area contributed by atoms with Crippen LogP contribution >= 0.6 is 34.7 Å². The molecule has 2 aromatic heterocycles. The molecule has 0 unspecified atom stereocenters. The van der Waals surface area contributed by atoms with Crippen LogP contribution in [0.5, 0.6) is 5.75 Å². The summed E-state index contributed by atoms with van der Waals surface area (Å²) in [6.07, 6.45) is 3.83. The van der Waals surface area contributed by atoms with Gasteiger partial charge in [0.25, 0.3) is 5.56 Å². The van der Waals surface area contributed by atoms with E-state index in [1.54, 1.807) is 41.2 Å². The highest BCUT2D eigenvalue weighted by Gasteiger charge is 2.26. The van der Waals surface area contributed by atoms with Crippen LogP contribution in [-0.2, 0) is 17.6 Å². The van der Waals surface area contributed by atoms with Crippen molar-refractivity contribution in [3.8, 4) is 11.4 Å². The van der Waals surface area contributed by atoms with Gasteiger partial charge < -0.3 is 10.1 Å². The number of rotatable bonds is 8. The Morgan fingerprint density at radius 1 is 1.41 bits per heavy atom. The van der Waals surface area contributed by atoms with Crippen LogP contribution in [0.2, 0.25) is 5.02 Å². The number of aryl methyl sites for hydroxylation is 1. The third-order valence-corrected chi connectivity index (χ3v) is 8.38. The summed E-state index contributed by atoms with van der Waals surface area (Å²) in [6.45, 7) is 7.13. The molecule has 0 radical (unpaired) electrons. The van der Waals surface area contributed by atoms with Crippen LogP contribution in [0.25, 0.3) is 15.9 Å². The highest BCUT2D eigenvalue weighted by atomic mass is 35.5. The molecule has 9 heteroatoms. The number of amides is 1. The number of aromatic nitrogens is 2. The molecule has 0 fully saturated rings. The molecule has 1 aromatic carbocycles. The Balaban J connectivity index is 1.79. The van der Waals surface area contributed by atoms with Crippen LogP contribution in [0, 0.1) is 11.8 Å². The minimum atomic E-state index is -0.139. The van der Waals surface area contributed by atoms with Gasteiger partial charge in [-0.15, -0.1) is 11.3 Å². The monoisotopic (exact) mass is 519 g/mol. The second kappa shape index (κ2) is 10.7. The number of ether oxygens (including phenoxy) is 1. The molecule has 6 nitrogen and oxygen atoms in total. The van der Waals surface area contributed by atoms with E-state index in [-0.39, 0.29) is 17.2 Å². The Bertz CT molecular complexity index is 1270. The first-order valence-electron chi connectivity index (χ1n) is 11.6. The first-order valence-corrected chi connectivity index (χ1v) is 13.8. The standard InChI is InChI=1S/C25H30ClN3O3S2/c1-14(2)9-10-27-21(30)13-33-25-28-23-22(17-7-5-15(3)11-20(17)34-23)24(31)29(25)18-12-16(26)6-8-19(18)32-4/h6,8,12,14-15H,5,7,9-11,13H2,1-4H3,(H,27,30)/t15-/m0/s1. The third kappa shape index (κ3) is 5.29. The van der Waals surface area contributed by atoms with Crippen molar-refractivity contribution in [3.05, 3.63) is 44.0 Å². The molecule has 2 heterocycles. The van der Waals surface area contributed by atoms with Crippen LogP contribution in [0.3, 0.4) is 0 Å². The van der Waals surface area contributed by atoms with Crippen molar-refractivity contribution >= 4 is 50.8 Å². The van der Waals surface area contributed by atoms with Crippen LogP contribution < -0.4 is 15.6 Å². The lowest BCUT2D eigenvalue weighted by molar-refractivity contribution is -0.118. The van der Waals surface area contributed by atoms with Gasteiger partial charge >= 0.3 is 0 Å². The average molecular weight is 520 g/mol. The quantitative estimate of drug-likeness (QED) is 0.315. The number of thioether (sulfide) groups is 1. The number of methoxy groups -OCH3 is 1. The molecule has 1 N–H and O–H groups in total. The molecule has 0 saturated carbocycles. The maximum absolute atomic E-state index is 14.0. The third-order valence-electron chi connectivity index (χ3n) is 6.06. The Kier molecular flexibility index (Phi) is 7.90. The average Bonchev–Trinajstić information content (AvgIpc) is 3.15. The van der Waals surface area contributed by atoms with Gasteiger partial charge in [0.15, 0.2) is 5.16 Å². The molecule has 1 amide bonds. The molecule has 0 bridgehead atoms. The number of hydrogen-bond acceptors (Lipinski definition) is 6. The SMILES string of the molecule is COc1ccc(Cl)cc1-n1c(SCC(=O)NCCC(C)C)nc2sc3c(c2c1=O)CC[C@H](C)C3. The summed E-state index contributed by atoms with van der Waals surface area (Å²) in [5.41, 5.74) is 1.51. The minimum absolute atomic E-state index is 0.0797. The summed E-state index contributed by atoms with van der Waals surface area (Å²) in [7, 11) is 1.56. The molecule has 0 aliphatic heterocycles. The number of nitrogens with one attached hydrogen (secondary N) is 1. The second-order valence-corrected chi connectivity index (χ2v) is 11.7. The van der Waals surface area contributed by atoms with Gasteiger partial charge in [0.1, 0.15) is 10.6 Å². The smallest absolute Gasteiger partial charge is 0.267 e. The summed E-state index contributed by atoms with van der Waals surface area (Å²) in [5.74, 6) is 1.72. The van der Waals surface area contributed by atoms with Crippen LogP contribution in [0.4, 0.5) is 0 Å².